The number of ether oxygens (including phenoxy) is 2. The molecule has 0 saturated heterocycles. The first-order valence-corrected chi connectivity index (χ1v) is 14.2. The van der Waals surface area contributed by atoms with Gasteiger partial charge in [-0.3, -0.25) is 9.59 Å². The van der Waals surface area contributed by atoms with Gasteiger partial charge in [0.2, 0.25) is 0 Å². The smallest absolute Gasteiger partial charge is 0.302 e. The fourth-order valence-corrected chi connectivity index (χ4v) is 8.59. The molecule has 0 spiro atoms. The number of carbonyl (C=O) groups excluding carboxylic acids is 2. The SMILES string of the molecule is CC(=O)O[C@H]1CC[C@@]2(C)C(=CC[C@@H]3[C@@H]2CC[C@]2(C)C([C@H](C)[C@H](CCC(C)C)OC(C)=O)=CC[C@@H]32)C1. The maximum absolute atomic E-state index is 11.9. The van der Waals surface area contributed by atoms with Gasteiger partial charge >= 0.3 is 11.9 Å². The average Bonchev–Trinajstić information content (AvgIpc) is 3.13. The minimum absolute atomic E-state index is 0.0265. The van der Waals surface area contributed by atoms with Gasteiger partial charge in [0.15, 0.2) is 0 Å². The Bertz CT molecular complexity index is 884. The lowest BCUT2D eigenvalue weighted by molar-refractivity contribution is -0.149. The molecule has 0 aromatic rings. The largest absolute Gasteiger partial charge is 0.462 e. The number of rotatable bonds is 7. The molecule has 196 valence electrons. The van der Waals surface area contributed by atoms with E-state index in [0.29, 0.717) is 23.7 Å². The highest BCUT2D eigenvalue weighted by Gasteiger charge is 2.57. The van der Waals surface area contributed by atoms with Crippen LogP contribution in [0.4, 0.5) is 0 Å². The summed E-state index contributed by atoms with van der Waals surface area (Å²) in [5.41, 5.74) is 3.54. The monoisotopic (exact) mass is 484 g/mol. The van der Waals surface area contributed by atoms with Crippen LogP contribution in [-0.4, -0.2) is 24.1 Å². The molecule has 0 radical (unpaired) electrons. The van der Waals surface area contributed by atoms with E-state index in [1.54, 1.807) is 18.1 Å². The van der Waals surface area contributed by atoms with Gasteiger partial charge < -0.3 is 9.47 Å². The van der Waals surface area contributed by atoms with E-state index in [1.807, 2.05) is 0 Å². The molecular weight excluding hydrogens is 436 g/mol. The first-order chi connectivity index (χ1) is 16.5. The fourth-order valence-electron chi connectivity index (χ4n) is 8.59. The van der Waals surface area contributed by atoms with E-state index in [4.69, 9.17) is 9.47 Å². The van der Waals surface area contributed by atoms with Crippen molar-refractivity contribution in [2.24, 2.45) is 40.4 Å². The lowest BCUT2D eigenvalue weighted by Crippen LogP contribution is -2.50. The first-order valence-electron chi connectivity index (χ1n) is 14.2. The van der Waals surface area contributed by atoms with Gasteiger partial charge in [-0.15, -0.1) is 0 Å². The molecule has 4 aliphatic rings. The van der Waals surface area contributed by atoms with Crippen molar-refractivity contribution in [3.05, 3.63) is 23.3 Å². The van der Waals surface area contributed by atoms with Gasteiger partial charge in [-0.2, -0.15) is 0 Å². The number of carbonyl (C=O) groups is 2. The van der Waals surface area contributed by atoms with Gasteiger partial charge in [0.05, 0.1) is 0 Å². The van der Waals surface area contributed by atoms with Crippen molar-refractivity contribution < 1.29 is 19.1 Å². The van der Waals surface area contributed by atoms with Crippen LogP contribution in [-0.2, 0) is 19.1 Å². The summed E-state index contributed by atoms with van der Waals surface area (Å²) in [6, 6.07) is 0. The zero-order chi connectivity index (χ0) is 25.5. The summed E-state index contributed by atoms with van der Waals surface area (Å²) in [6.45, 7) is 14.9. The zero-order valence-corrected chi connectivity index (χ0v) is 23.2. The Hall–Kier alpha value is -1.58. The summed E-state index contributed by atoms with van der Waals surface area (Å²) in [5.74, 6) is 2.66. The van der Waals surface area contributed by atoms with E-state index >= 15 is 0 Å². The molecule has 0 unspecified atom stereocenters. The number of allylic oxidation sites excluding steroid dienone is 2. The van der Waals surface area contributed by atoms with Crippen molar-refractivity contribution in [1.29, 1.82) is 0 Å². The molecule has 2 fully saturated rings. The number of hydrogen-bond acceptors (Lipinski definition) is 4. The highest BCUT2D eigenvalue weighted by atomic mass is 16.5. The molecule has 0 amide bonds. The second kappa shape index (κ2) is 10.1. The Kier molecular flexibility index (Phi) is 7.61. The van der Waals surface area contributed by atoms with E-state index < -0.39 is 0 Å². The van der Waals surface area contributed by atoms with Crippen molar-refractivity contribution >= 4 is 11.9 Å². The summed E-state index contributed by atoms with van der Waals surface area (Å²) in [4.78, 5) is 23.5. The van der Waals surface area contributed by atoms with Gasteiger partial charge in [-0.05, 0) is 85.9 Å². The zero-order valence-electron chi connectivity index (χ0n) is 23.2. The lowest BCUT2D eigenvalue weighted by atomic mass is 9.47. The van der Waals surface area contributed by atoms with Crippen molar-refractivity contribution in [3.8, 4) is 0 Å². The van der Waals surface area contributed by atoms with Crippen LogP contribution in [0.2, 0.25) is 0 Å². The average molecular weight is 485 g/mol. The predicted octanol–water partition coefficient (Wildman–Crippen LogP) is 7.42. The molecule has 0 N–H and O–H groups in total. The summed E-state index contributed by atoms with van der Waals surface area (Å²) in [7, 11) is 0. The third kappa shape index (κ3) is 5.01. The minimum Gasteiger partial charge on any atom is -0.462 e. The first kappa shape index (κ1) is 26.5. The molecule has 0 bridgehead atoms. The second-order valence-corrected chi connectivity index (χ2v) is 13.0. The molecule has 8 atom stereocenters. The number of fused-ring (bicyclic) bond motifs is 5. The number of hydrogen-bond donors (Lipinski definition) is 0. The third-order valence-electron chi connectivity index (χ3n) is 10.4. The van der Waals surface area contributed by atoms with Crippen LogP contribution in [0.15, 0.2) is 23.3 Å². The highest BCUT2D eigenvalue weighted by Crippen LogP contribution is 2.66. The fraction of sp³-hybridized carbons (Fsp3) is 0.806. The molecular formula is C31H48O4. The van der Waals surface area contributed by atoms with Crippen molar-refractivity contribution in [2.45, 2.75) is 118 Å². The van der Waals surface area contributed by atoms with E-state index in [2.05, 4.69) is 46.8 Å². The quantitative estimate of drug-likeness (QED) is 0.279. The normalized spacial score (nSPS) is 37.8. The van der Waals surface area contributed by atoms with E-state index in [1.165, 1.54) is 19.8 Å². The van der Waals surface area contributed by atoms with Crippen LogP contribution in [0.25, 0.3) is 0 Å². The molecule has 4 rings (SSSR count). The Morgan fingerprint density at radius 3 is 2.31 bits per heavy atom. The molecule has 0 heterocycles. The van der Waals surface area contributed by atoms with Crippen molar-refractivity contribution in [1.82, 2.24) is 0 Å². The van der Waals surface area contributed by atoms with Crippen LogP contribution < -0.4 is 0 Å². The number of esters is 2. The van der Waals surface area contributed by atoms with Crippen LogP contribution in [0.1, 0.15) is 106 Å². The van der Waals surface area contributed by atoms with Gasteiger partial charge in [0.1, 0.15) is 12.2 Å². The van der Waals surface area contributed by atoms with Gasteiger partial charge in [0, 0.05) is 26.2 Å². The van der Waals surface area contributed by atoms with Gasteiger partial charge in [-0.1, -0.05) is 57.9 Å². The molecule has 4 heteroatoms. The molecule has 0 aliphatic heterocycles. The molecule has 0 aromatic carbocycles. The van der Waals surface area contributed by atoms with Crippen LogP contribution in [0.5, 0.6) is 0 Å². The predicted molar refractivity (Wildman–Crippen MR) is 140 cm³/mol. The third-order valence-corrected chi connectivity index (χ3v) is 10.4. The molecule has 35 heavy (non-hydrogen) atoms. The maximum Gasteiger partial charge on any atom is 0.302 e. The molecule has 0 aromatic heterocycles. The summed E-state index contributed by atoms with van der Waals surface area (Å²) < 4.78 is 11.5. The summed E-state index contributed by atoms with van der Waals surface area (Å²) >= 11 is 0. The van der Waals surface area contributed by atoms with Crippen LogP contribution in [0.3, 0.4) is 0 Å². The minimum atomic E-state index is -0.156. The Labute approximate surface area is 213 Å². The van der Waals surface area contributed by atoms with Gasteiger partial charge in [-0.25, -0.2) is 0 Å². The van der Waals surface area contributed by atoms with Gasteiger partial charge in [0.25, 0.3) is 0 Å². The van der Waals surface area contributed by atoms with E-state index in [-0.39, 0.29) is 40.9 Å². The standard InChI is InChI=1S/C31H48O4/c1-19(2)8-13-29(35-22(5)33)20(3)26-11-12-27-25-10-9-23-18-24(34-21(4)32)14-16-30(23,6)28(25)15-17-31(26,27)7/h9,11,19-20,24-25,27-29H,8,10,12-18H2,1-7H3/t20-,24-,25-,27-,28-,29-,30-,31+/m0/s1. The van der Waals surface area contributed by atoms with E-state index in [0.717, 1.165) is 44.9 Å². The highest BCUT2D eigenvalue weighted by molar-refractivity contribution is 5.66. The Balaban J connectivity index is 1.52. The maximum atomic E-state index is 11.9. The van der Waals surface area contributed by atoms with Crippen molar-refractivity contribution in [2.75, 3.05) is 0 Å². The molecule has 2 saturated carbocycles. The van der Waals surface area contributed by atoms with E-state index in [9.17, 15) is 9.59 Å². The lowest BCUT2D eigenvalue weighted by Gasteiger charge is -2.58. The molecule has 4 nitrogen and oxygen atoms in total. The van der Waals surface area contributed by atoms with Crippen LogP contribution in [0, 0.1) is 40.4 Å². The summed E-state index contributed by atoms with van der Waals surface area (Å²) in [5, 5.41) is 0. The Morgan fingerprint density at radius 1 is 0.943 bits per heavy atom. The summed E-state index contributed by atoms with van der Waals surface area (Å²) in [6.07, 6.45) is 14.9. The topological polar surface area (TPSA) is 52.6 Å². The second-order valence-electron chi connectivity index (χ2n) is 13.0. The molecule has 4 aliphatic carbocycles. The Morgan fingerprint density at radius 2 is 1.66 bits per heavy atom. The van der Waals surface area contributed by atoms with Crippen LogP contribution >= 0.6 is 0 Å². The van der Waals surface area contributed by atoms with Crippen molar-refractivity contribution in [3.63, 3.8) is 0 Å².